The molecule has 6 heterocycles. The van der Waals surface area contributed by atoms with Crippen LogP contribution >= 0.6 is 0 Å². The lowest BCUT2D eigenvalue weighted by molar-refractivity contribution is -0.0189. The van der Waals surface area contributed by atoms with Crippen LogP contribution in [0.25, 0.3) is 0 Å². The highest BCUT2D eigenvalue weighted by molar-refractivity contribution is 5.22. The molecule has 0 saturated heterocycles. The number of nitrogens with zero attached hydrogens (tertiary/aromatic N) is 12. The summed E-state index contributed by atoms with van der Waals surface area (Å²) >= 11 is 0. The Kier molecular flexibility index (Phi) is 7.40. The summed E-state index contributed by atoms with van der Waals surface area (Å²) in [6, 6.07) is 19.3. The van der Waals surface area contributed by atoms with Crippen molar-refractivity contribution in [2.45, 2.75) is 24.8 Å². The van der Waals surface area contributed by atoms with Crippen molar-refractivity contribution in [1.82, 2.24) is 58.7 Å². The third-order valence-electron chi connectivity index (χ3n) is 7.35. The second-order valence-corrected chi connectivity index (χ2v) is 10.1. The normalized spacial score (nSPS) is 12.2. The predicted octanol–water partition coefficient (Wildman–Crippen LogP) is 2.71. The Bertz CT molecular complexity index is 1510. The van der Waals surface area contributed by atoms with Gasteiger partial charge in [0.25, 0.3) is 11.6 Å². The molecule has 7 aromatic rings. The minimum Gasteiger partial charge on any atom is -0.370 e. The highest BCUT2D eigenvalue weighted by Gasteiger charge is 2.40. The summed E-state index contributed by atoms with van der Waals surface area (Å²) in [7, 11) is 0. The van der Waals surface area contributed by atoms with Crippen molar-refractivity contribution in [2.75, 3.05) is 13.2 Å². The Morgan fingerprint density at radius 1 is 0.432 bits per heavy atom. The third-order valence-corrected chi connectivity index (χ3v) is 7.35. The standard InChI is InChI=1S/C30H30N12O2/c1-8-27(23-43-25-29(37-16-2-10-31-37,38-17-3-11-32-38)39-18-4-12-33-39)22-28(9-1)24-44-26-30(40-19-5-13-34-40,41-20-6-14-35-41)42-21-7-15-36-42/h1-22H,23-26H2. The molecule has 0 aliphatic heterocycles. The lowest BCUT2D eigenvalue weighted by Crippen LogP contribution is -2.52. The van der Waals surface area contributed by atoms with Gasteiger partial charge in [-0.1, -0.05) is 24.3 Å². The molecule has 0 radical (unpaired) electrons. The topological polar surface area (TPSA) is 125 Å². The predicted molar refractivity (Wildman–Crippen MR) is 157 cm³/mol. The number of rotatable bonds is 14. The maximum Gasteiger partial charge on any atom is 0.273 e. The minimum atomic E-state index is -0.966. The first-order chi connectivity index (χ1) is 21.8. The molecule has 0 fully saturated rings. The maximum atomic E-state index is 6.36. The summed E-state index contributed by atoms with van der Waals surface area (Å²) in [6.07, 6.45) is 21.6. The molecule has 6 aromatic heterocycles. The summed E-state index contributed by atoms with van der Waals surface area (Å²) in [5.41, 5.74) is 2.00. The first-order valence-corrected chi connectivity index (χ1v) is 14.0. The van der Waals surface area contributed by atoms with Gasteiger partial charge < -0.3 is 9.47 Å². The Morgan fingerprint density at radius 3 is 0.977 bits per heavy atom. The van der Waals surface area contributed by atoms with Gasteiger partial charge in [0, 0.05) is 74.4 Å². The van der Waals surface area contributed by atoms with Gasteiger partial charge in [-0.15, -0.1) is 0 Å². The number of benzene rings is 1. The van der Waals surface area contributed by atoms with E-state index in [1.807, 2.05) is 91.8 Å². The van der Waals surface area contributed by atoms with Crippen molar-refractivity contribution in [3.63, 3.8) is 0 Å². The first kappa shape index (κ1) is 27.2. The molecule has 44 heavy (non-hydrogen) atoms. The number of hydrogen-bond donors (Lipinski definition) is 0. The average molecular weight is 591 g/mol. The SMILES string of the molecule is c1cc(COCC(n2cccn2)(n2cccn2)n2cccn2)cc(COCC(n2cccn2)(n2cccn2)n2cccn2)c1. The van der Waals surface area contributed by atoms with Gasteiger partial charge in [-0.05, 0) is 47.5 Å². The van der Waals surface area contributed by atoms with Gasteiger partial charge in [-0.25, -0.2) is 28.1 Å². The van der Waals surface area contributed by atoms with Gasteiger partial charge >= 0.3 is 0 Å². The number of hydrogen-bond acceptors (Lipinski definition) is 8. The van der Waals surface area contributed by atoms with Crippen LogP contribution in [0, 0.1) is 0 Å². The van der Waals surface area contributed by atoms with E-state index in [0.717, 1.165) is 11.1 Å². The maximum absolute atomic E-state index is 6.36. The molecule has 7 rings (SSSR count). The Labute approximate surface area is 252 Å². The fourth-order valence-electron chi connectivity index (χ4n) is 5.33. The Morgan fingerprint density at radius 2 is 0.727 bits per heavy atom. The molecule has 0 aliphatic rings. The second kappa shape index (κ2) is 11.9. The van der Waals surface area contributed by atoms with Gasteiger partial charge in [0.1, 0.15) is 13.2 Å². The second-order valence-electron chi connectivity index (χ2n) is 10.1. The van der Waals surface area contributed by atoms with Crippen molar-refractivity contribution < 1.29 is 9.47 Å². The van der Waals surface area contributed by atoms with Crippen molar-refractivity contribution in [1.29, 1.82) is 0 Å². The highest BCUT2D eigenvalue weighted by Crippen LogP contribution is 2.23. The monoisotopic (exact) mass is 590 g/mol. The van der Waals surface area contributed by atoms with Gasteiger partial charge in [0.2, 0.25) is 0 Å². The molecule has 222 valence electrons. The molecule has 0 saturated carbocycles. The average Bonchev–Trinajstić information content (AvgIpc) is 3.90. The molecule has 0 N–H and O–H groups in total. The molecular weight excluding hydrogens is 560 g/mol. The molecule has 0 bridgehead atoms. The molecule has 0 spiro atoms. The molecule has 0 unspecified atom stereocenters. The van der Waals surface area contributed by atoms with Gasteiger partial charge in [0.05, 0.1) is 13.2 Å². The van der Waals surface area contributed by atoms with E-state index in [1.165, 1.54) is 0 Å². The van der Waals surface area contributed by atoms with E-state index in [0.29, 0.717) is 13.2 Å². The molecule has 14 heteroatoms. The lowest BCUT2D eigenvalue weighted by Gasteiger charge is -2.34. The minimum absolute atomic E-state index is 0.221. The van der Waals surface area contributed by atoms with Crippen LogP contribution in [0.15, 0.2) is 135 Å². The van der Waals surface area contributed by atoms with Crippen molar-refractivity contribution in [2.24, 2.45) is 0 Å². The quantitative estimate of drug-likeness (QED) is 0.189. The van der Waals surface area contributed by atoms with Crippen molar-refractivity contribution >= 4 is 0 Å². The molecule has 1 aromatic carbocycles. The molecule has 0 aliphatic carbocycles. The van der Waals surface area contributed by atoms with Gasteiger partial charge in [-0.2, -0.15) is 30.6 Å². The highest BCUT2D eigenvalue weighted by atomic mass is 16.5. The summed E-state index contributed by atoms with van der Waals surface area (Å²) in [6.45, 7) is 1.16. The van der Waals surface area contributed by atoms with E-state index >= 15 is 0 Å². The first-order valence-electron chi connectivity index (χ1n) is 14.0. The molecule has 0 amide bonds. The van der Waals surface area contributed by atoms with E-state index in [9.17, 15) is 0 Å². The molecule has 0 atom stereocenters. The van der Waals surface area contributed by atoms with Gasteiger partial charge in [-0.3, -0.25) is 0 Å². The molecular formula is C30H30N12O2. The summed E-state index contributed by atoms with van der Waals surface area (Å²) in [5.74, 6) is -1.93. The van der Waals surface area contributed by atoms with Gasteiger partial charge in [0.15, 0.2) is 0 Å². The van der Waals surface area contributed by atoms with Crippen LogP contribution in [-0.2, 0) is 34.3 Å². The summed E-state index contributed by atoms with van der Waals surface area (Å²) in [4.78, 5) is 0. The van der Waals surface area contributed by atoms with E-state index in [4.69, 9.17) is 9.47 Å². The summed E-state index contributed by atoms with van der Waals surface area (Å²) in [5, 5.41) is 27.2. The van der Waals surface area contributed by atoms with Crippen LogP contribution < -0.4 is 0 Å². The van der Waals surface area contributed by atoms with E-state index < -0.39 is 11.6 Å². The molecule has 14 nitrogen and oxygen atoms in total. The zero-order valence-electron chi connectivity index (χ0n) is 23.7. The smallest absolute Gasteiger partial charge is 0.273 e. The van der Waals surface area contributed by atoms with Crippen molar-refractivity contribution in [3.8, 4) is 0 Å². The number of ether oxygens (including phenoxy) is 2. The third kappa shape index (κ3) is 4.91. The zero-order valence-corrected chi connectivity index (χ0v) is 23.7. The fourth-order valence-corrected chi connectivity index (χ4v) is 5.33. The van der Waals surface area contributed by atoms with Crippen LogP contribution in [-0.4, -0.2) is 71.9 Å². The van der Waals surface area contributed by atoms with Crippen molar-refractivity contribution in [3.05, 3.63) is 146 Å². The van der Waals surface area contributed by atoms with Crippen LogP contribution in [0.1, 0.15) is 11.1 Å². The van der Waals surface area contributed by atoms with E-state index in [-0.39, 0.29) is 13.2 Å². The van der Waals surface area contributed by atoms with Crippen LogP contribution in [0.2, 0.25) is 0 Å². The fraction of sp³-hybridized carbons (Fsp3) is 0.200. The Hall–Kier alpha value is -5.60. The van der Waals surface area contributed by atoms with E-state index in [1.54, 1.807) is 65.3 Å². The van der Waals surface area contributed by atoms with Crippen LogP contribution in [0.5, 0.6) is 0 Å². The van der Waals surface area contributed by atoms with Crippen LogP contribution in [0.3, 0.4) is 0 Å². The van der Waals surface area contributed by atoms with Crippen LogP contribution in [0.4, 0.5) is 0 Å². The lowest BCUT2D eigenvalue weighted by atomic mass is 10.1. The largest absolute Gasteiger partial charge is 0.370 e. The Balaban J connectivity index is 1.08. The number of aromatic nitrogens is 12. The zero-order chi connectivity index (χ0) is 29.7. The summed E-state index contributed by atoms with van der Waals surface area (Å²) < 4.78 is 23.5. The van der Waals surface area contributed by atoms with E-state index in [2.05, 4.69) is 36.7 Å².